The molecule has 0 radical (unpaired) electrons. The fourth-order valence-corrected chi connectivity index (χ4v) is 3.78. The fourth-order valence-electron chi connectivity index (χ4n) is 3.78. The van der Waals surface area contributed by atoms with Gasteiger partial charge in [-0.2, -0.15) is 0 Å². The zero-order valence-electron chi connectivity index (χ0n) is 13.1. The number of ether oxygens (including phenoxy) is 1. The molecule has 23 heavy (non-hydrogen) atoms. The maximum absolute atomic E-state index is 12.4. The number of rotatable bonds is 4. The Labute approximate surface area is 136 Å². The normalized spacial score (nSPS) is 28.7. The lowest BCUT2D eigenvalue weighted by Gasteiger charge is -2.36. The highest BCUT2D eigenvalue weighted by Gasteiger charge is 2.51. The number of nitrogens with one attached hydrogen (secondary N) is 1. The zero-order chi connectivity index (χ0) is 15.7. The van der Waals surface area contributed by atoms with E-state index >= 15 is 0 Å². The van der Waals surface area contributed by atoms with Gasteiger partial charge in [-0.15, -0.1) is 0 Å². The number of hydrogen-bond donors (Lipinski definition) is 1. The van der Waals surface area contributed by atoms with Crippen molar-refractivity contribution in [2.24, 2.45) is 0 Å². The van der Waals surface area contributed by atoms with Gasteiger partial charge >= 0.3 is 0 Å². The summed E-state index contributed by atoms with van der Waals surface area (Å²) in [5, 5.41) is 3.15. The van der Waals surface area contributed by atoms with Gasteiger partial charge < -0.3 is 10.1 Å². The van der Waals surface area contributed by atoms with Crippen molar-refractivity contribution >= 4 is 5.91 Å². The monoisotopic (exact) mass is 307 g/mol. The lowest BCUT2D eigenvalue weighted by Crippen LogP contribution is -2.43. The molecule has 2 fully saturated rings. The Kier molecular flexibility index (Phi) is 3.66. The molecule has 1 N–H and O–H groups in total. The number of benzene rings is 2. The van der Waals surface area contributed by atoms with Crippen LogP contribution >= 0.6 is 0 Å². The van der Waals surface area contributed by atoms with E-state index in [2.05, 4.69) is 29.6 Å². The summed E-state index contributed by atoms with van der Waals surface area (Å²) in [6.45, 7) is 0.664. The molecule has 1 aliphatic carbocycles. The zero-order valence-corrected chi connectivity index (χ0v) is 13.1. The molecule has 3 heteroatoms. The van der Waals surface area contributed by atoms with Crippen molar-refractivity contribution in [2.75, 3.05) is 6.54 Å². The topological polar surface area (TPSA) is 41.6 Å². The van der Waals surface area contributed by atoms with Gasteiger partial charge in [0.05, 0.1) is 12.2 Å². The Morgan fingerprint density at radius 3 is 2.43 bits per heavy atom. The number of hydrogen-bond acceptors (Lipinski definition) is 2. The summed E-state index contributed by atoms with van der Waals surface area (Å²) < 4.78 is 5.73. The van der Waals surface area contributed by atoms with Crippen LogP contribution in [0.1, 0.15) is 35.2 Å². The van der Waals surface area contributed by atoms with Crippen molar-refractivity contribution < 1.29 is 9.53 Å². The van der Waals surface area contributed by atoms with Crippen molar-refractivity contribution in [3.05, 3.63) is 71.8 Å². The molecule has 3 unspecified atom stereocenters. The molecule has 1 saturated carbocycles. The van der Waals surface area contributed by atoms with Crippen LogP contribution in [0.5, 0.6) is 0 Å². The first-order valence-electron chi connectivity index (χ1n) is 8.31. The van der Waals surface area contributed by atoms with Crippen molar-refractivity contribution in [2.45, 2.75) is 36.9 Å². The van der Waals surface area contributed by atoms with Gasteiger partial charge in [0.1, 0.15) is 0 Å². The van der Waals surface area contributed by atoms with Crippen LogP contribution < -0.4 is 5.32 Å². The van der Waals surface area contributed by atoms with Gasteiger partial charge in [-0.05, 0) is 37.0 Å². The summed E-state index contributed by atoms with van der Waals surface area (Å²) in [7, 11) is 0. The molecule has 1 saturated heterocycles. The molecule has 0 bridgehead atoms. The minimum Gasteiger partial charge on any atom is -0.370 e. The van der Waals surface area contributed by atoms with Crippen molar-refractivity contribution in [1.82, 2.24) is 5.32 Å². The first-order valence-corrected chi connectivity index (χ1v) is 8.31. The largest absolute Gasteiger partial charge is 0.370 e. The SMILES string of the molecule is O=C(NCC1(c2ccccc2)CCC2OC2C1)c1ccccc1. The Balaban J connectivity index is 1.53. The Morgan fingerprint density at radius 2 is 1.74 bits per heavy atom. The molecular weight excluding hydrogens is 286 g/mol. The highest BCUT2D eigenvalue weighted by Crippen LogP contribution is 2.47. The second-order valence-electron chi connectivity index (χ2n) is 6.65. The van der Waals surface area contributed by atoms with Crippen LogP contribution in [0.25, 0.3) is 0 Å². The molecule has 1 heterocycles. The summed E-state index contributed by atoms with van der Waals surface area (Å²) >= 11 is 0. The van der Waals surface area contributed by atoms with E-state index in [1.807, 2.05) is 36.4 Å². The number of carbonyl (C=O) groups is 1. The van der Waals surface area contributed by atoms with Crippen LogP contribution in [0.3, 0.4) is 0 Å². The maximum Gasteiger partial charge on any atom is 0.251 e. The molecule has 2 aromatic rings. The van der Waals surface area contributed by atoms with Gasteiger partial charge in [-0.1, -0.05) is 48.5 Å². The third kappa shape index (κ3) is 2.89. The molecule has 1 aliphatic heterocycles. The van der Waals surface area contributed by atoms with E-state index in [9.17, 15) is 4.79 Å². The predicted octanol–water partition coefficient (Wildman–Crippen LogP) is 3.31. The van der Waals surface area contributed by atoms with E-state index in [4.69, 9.17) is 4.74 Å². The summed E-state index contributed by atoms with van der Waals surface area (Å²) in [6, 6.07) is 20.0. The molecule has 4 rings (SSSR count). The summed E-state index contributed by atoms with van der Waals surface area (Å²) in [5.74, 6) is -0.000236. The Morgan fingerprint density at radius 1 is 1.04 bits per heavy atom. The molecule has 0 spiro atoms. The minimum atomic E-state index is -0.0105. The van der Waals surface area contributed by atoms with Gasteiger partial charge in [-0.3, -0.25) is 4.79 Å². The first kappa shape index (κ1) is 14.5. The standard InChI is InChI=1S/C20H21NO2/c22-19(15-7-3-1-4-8-15)21-14-20(16-9-5-2-6-10-16)12-11-17-18(13-20)23-17/h1-10,17-18H,11-14H2,(H,21,22). The number of fused-ring (bicyclic) bond motifs is 1. The first-order chi connectivity index (χ1) is 11.3. The third-order valence-corrected chi connectivity index (χ3v) is 5.20. The highest BCUT2D eigenvalue weighted by atomic mass is 16.6. The van der Waals surface area contributed by atoms with E-state index in [0.717, 1.165) is 19.3 Å². The van der Waals surface area contributed by atoms with Crippen molar-refractivity contribution in [3.63, 3.8) is 0 Å². The number of epoxide rings is 1. The molecule has 3 nitrogen and oxygen atoms in total. The maximum atomic E-state index is 12.4. The molecular formula is C20H21NO2. The van der Waals surface area contributed by atoms with Gasteiger partial charge in [-0.25, -0.2) is 0 Å². The van der Waals surface area contributed by atoms with Crippen LogP contribution in [0.15, 0.2) is 60.7 Å². The van der Waals surface area contributed by atoms with E-state index in [1.165, 1.54) is 5.56 Å². The molecule has 1 amide bonds. The lowest BCUT2D eigenvalue weighted by molar-refractivity contribution is 0.0938. The summed E-state index contributed by atoms with van der Waals surface area (Å²) in [6.07, 6.45) is 3.97. The second kappa shape index (κ2) is 5.82. The van der Waals surface area contributed by atoms with Crippen LogP contribution in [0, 0.1) is 0 Å². The van der Waals surface area contributed by atoms with Crippen LogP contribution in [-0.4, -0.2) is 24.7 Å². The summed E-state index contributed by atoms with van der Waals surface area (Å²) in [5.41, 5.74) is 2.01. The van der Waals surface area contributed by atoms with Crippen LogP contribution in [0.2, 0.25) is 0 Å². The third-order valence-electron chi connectivity index (χ3n) is 5.20. The quantitative estimate of drug-likeness (QED) is 0.881. The van der Waals surface area contributed by atoms with Gasteiger partial charge in [0.2, 0.25) is 0 Å². The second-order valence-corrected chi connectivity index (χ2v) is 6.65. The van der Waals surface area contributed by atoms with Gasteiger partial charge in [0.25, 0.3) is 5.91 Å². The van der Waals surface area contributed by atoms with E-state index in [1.54, 1.807) is 0 Å². The summed E-state index contributed by atoms with van der Waals surface area (Å²) in [4.78, 5) is 12.4. The van der Waals surface area contributed by atoms with Crippen LogP contribution in [-0.2, 0) is 10.2 Å². The number of carbonyl (C=O) groups excluding carboxylic acids is 1. The van der Waals surface area contributed by atoms with Crippen LogP contribution in [0.4, 0.5) is 0 Å². The van der Waals surface area contributed by atoms with E-state index in [0.29, 0.717) is 24.3 Å². The van der Waals surface area contributed by atoms with Gasteiger partial charge in [0, 0.05) is 17.5 Å². The van der Waals surface area contributed by atoms with E-state index in [-0.39, 0.29) is 11.3 Å². The molecule has 118 valence electrons. The minimum absolute atomic E-state index is 0.000236. The Bertz CT molecular complexity index is 685. The van der Waals surface area contributed by atoms with Crippen molar-refractivity contribution in [1.29, 1.82) is 0 Å². The lowest BCUT2D eigenvalue weighted by atomic mass is 9.69. The van der Waals surface area contributed by atoms with E-state index < -0.39 is 0 Å². The molecule has 2 aliphatic rings. The average Bonchev–Trinajstić information content (AvgIpc) is 3.39. The molecule has 3 atom stereocenters. The number of amides is 1. The smallest absolute Gasteiger partial charge is 0.251 e. The predicted molar refractivity (Wildman–Crippen MR) is 89.4 cm³/mol. The molecule has 0 aromatic heterocycles. The van der Waals surface area contributed by atoms with Crippen molar-refractivity contribution in [3.8, 4) is 0 Å². The average molecular weight is 307 g/mol. The van der Waals surface area contributed by atoms with Gasteiger partial charge in [0.15, 0.2) is 0 Å². The Hall–Kier alpha value is -2.13. The highest BCUT2D eigenvalue weighted by molar-refractivity contribution is 5.94. The molecule has 2 aromatic carbocycles. The fraction of sp³-hybridized carbons (Fsp3) is 0.350.